The van der Waals surface area contributed by atoms with Crippen molar-refractivity contribution in [3.8, 4) is 0 Å². The molecule has 164 valence electrons. The van der Waals surface area contributed by atoms with Gasteiger partial charge in [-0.1, -0.05) is 42.5 Å². The molecule has 31 heavy (non-hydrogen) atoms. The van der Waals surface area contributed by atoms with E-state index in [1.165, 1.54) is 12.4 Å². The molecule has 1 aliphatic rings. The van der Waals surface area contributed by atoms with Gasteiger partial charge in [0.15, 0.2) is 0 Å². The fraction of sp³-hybridized carbons (Fsp3) is 0.391. The van der Waals surface area contributed by atoms with E-state index in [9.17, 15) is 9.59 Å². The predicted molar refractivity (Wildman–Crippen MR) is 120 cm³/mol. The Morgan fingerprint density at radius 2 is 1.81 bits per heavy atom. The van der Waals surface area contributed by atoms with Gasteiger partial charge in [-0.05, 0) is 12.5 Å². The first-order valence-electron chi connectivity index (χ1n) is 10.5. The molecule has 1 atom stereocenters. The van der Waals surface area contributed by atoms with Crippen molar-refractivity contribution in [1.29, 1.82) is 0 Å². The number of hydrogen-bond donors (Lipinski definition) is 1. The molecule has 0 radical (unpaired) electrons. The highest BCUT2D eigenvalue weighted by atomic mass is 16.5. The highest BCUT2D eigenvalue weighted by Gasteiger charge is 2.21. The summed E-state index contributed by atoms with van der Waals surface area (Å²) in [5.41, 5.74) is 1.46. The first-order chi connectivity index (χ1) is 15.0. The molecule has 1 fully saturated rings. The summed E-state index contributed by atoms with van der Waals surface area (Å²) in [5, 5.41) is 3.02. The maximum Gasteiger partial charge on any atom is 0.341 e. The van der Waals surface area contributed by atoms with Gasteiger partial charge in [-0.25, -0.2) is 14.8 Å². The summed E-state index contributed by atoms with van der Waals surface area (Å²) in [4.78, 5) is 36.4. The lowest BCUT2D eigenvalue weighted by molar-refractivity contribution is -0.119. The van der Waals surface area contributed by atoms with Crippen LogP contribution >= 0.6 is 0 Å². The molecule has 1 unspecified atom stereocenters. The average molecular weight is 424 g/mol. The summed E-state index contributed by atoms with van der Waals surface area (Å²) in [7, 11) is 0. The summed E-state index contributed by atoms with van der Waals surface area (Å²) in [6.45, 7) is 7.57. The molecule has 8 heteroatoms. The van der Waals surface area contributed by atoms with Crippen molar-refractivity contribution in [2.24, 2.45) is 0 Å². The van der Waals surface area contributed by atoms with Crippen molar-refractivity contribution in [3.63, 3.8) is 0 Å². The molecule has 3 rings (SSSR count). The summed E-state index contributed by atoms with van der Waals surface area (Å²) >= 11 is 0. The van der Waals surface area contributed by atoms with Gasteiger partial charge in [0.2, 0.25) is 11.9 Å². The van der Waals surface area contributed by atoms with Crippen molar-refractivity contribution < 1.29 is 14.3 Å². The maximum atomic E-state index is 11.7. The predicted octanol–water partition coefficient (Wildman–Crippen LogP) is 1.99. The normalized spacial score (nSPS) is 15.6. The van der Waals surface area contributed by atoms with Gasteiger partial charge in [0.05, 0.1) is 18.2 Å². The van der Waals surface area contributed by atoms with Crippen LogP contribution in [-0.2, 0) is 9.53 Å². The molecule has 2 aromatic rings. The molecule has 1 aromatic carbocycles. The van der Waals surface area contributed by atoms with Gasteiger partial charge in [0.1, 0.15) is 0 Å². The van der Waals surface area contributed by atoms with E-state index in [0.717, 1.165) is 38.3 Å². The molecule has 1 saturated heterocycles. The molecule has 1 aliphatic heterocycles. The number of esters is 1. The Morgan fingerprint density at radius 1 is 1.13 bits per heavy atom. The lowest BCUT2D eigenvalue weighted by Crippen LogP contribution is -2.51. The number of aromatic nitrogens is 2. The second-order valence-corrected chi connectivity index (χ2v) is 7.36. The van der Waals surface area contributed by atoms with Crippen LogP contribution in [0.4, 0.5) is 5.95 Å². The first kappa shape index (κ1) is 22.4. The number of nitrogens with zero attached hydrogens (tertiary/aromatic N) is 4. The van der Waals surface area contributed by atoms with Crippen molar-refractivity contribution in [2.75, 3.05) is 44.2 Å². The number of amides is 1. The minimum absolute atomic E-state index is 0.0450. The lowest BCUT2D eigenvalue weighted by atomic mass is 10.1. The second-order valence-electron chi connectivity index (χ2n) is 7.36. The first-order valence-corrected chi connectivity index (χ1v) is 10.5. The van der Waals surface area contributed by atoms with Crippen molar-refractivity contribution >= 4 is 23.9 Å². The highest BCUT2D eigenvalue weighted by molar-refractivity contribution is 5.88. The van der Waals surface area contributed by atoms with Crippen LogP contribution in [-0.4, -0.2) is 72.1 Å². The SMILES string of the molecule is CCOC(=O)c1cnc(N2CCN(CC(C=Cc3ccccc3)NC(C)=O)CC2)nc1. The Bertz CT molecular complexity index is 878. The molecular formula is C23H29N5O3. The second kappa shape index (κ2) is 11.2. The number of anilines is 1. The summed E-state index contributed by atoms with van der Waals surface area (Å²) < 4.78 is 4.97. The standard InChI is InChI=1S/C23H29N5O3/c1-3-31-22(30)20-15-24-23(25-16-20)28-13-11-27(12-14-28)17-21(26-18(2)29)10-9-19-7-5-4-6-8-19/h4-10,15-16,21H,3,11-14,17H2,1-2H3,(H,26,29). The minimum Gasteiger partial charge on any atom is -0.462 e. The fourth-order valence-electron chi connectivity index (χ4n) is 3.42. The van der Waals surface area contributed by atoms with E-state index >= 15 is 0 Å². The number of hydrogen-bond acceptors (Lipinski definition) is 7. The van der Waals surface area contributed by atoms with Gasteiger partial charge < -0.3 is 15.0 Å². The Hall–Kier alpha value is -3.26. The van der Waals surface area contributed by atoms with Gasteiger partial charge in [-0.15, -0.1) is 0 Å². The van der Waals surface area contributed by atoms with Crippen LogP contribution < -0.4 is 10.2 Å². The van der Waals surface area contributed by atoms with Crippen LogP contribution in [0.2, 0.25) is 0 Å². The monoisotopic (exact) mass is 423 g/mol. The zero-order valence-corrected chi connectivity index (χ0v) is 18.0. The fourth-order valence-corrected chi connectivity index (χ4v) is 3.42. The summed E-state index contributed by atoms with van der Waals surface area (Å²) in [6.07, 6.45) is 7.10. The lowest BCUT2D eigenvalue weighted by Gasteiger charge is -2.36. The van der Waals surface area contributed by atoms with Crippen LogP contribution in [0.3, 0.4) is 0 Å². The molecule has 1 aromatic heterocycles. The van der Waals surface area contributed by atoms with E-state index in [4.69, 9.17) is 4.74 Å². The smallest absolute Gasteiger partial charge is 0.341 e. The quantitative estimate of drug-likeness (QED) is 0.650. The van der Waals surface area contributed by atoms with Gasteiger partial charge >= 0.3 is 5.97 Å². The molecule has 0 bridgehead atoms. The Labute approximate surface area is 182 Å². The largest absolute Gasteiger partial charge is 0.462 e. The number of rotatable bonds is 8. The average Bonchev–Trinajstić information content (AvgIpc) is 2.79. The minimum atomic E-state index is -0.411. The van der Waals surface area contributed by atoms with Gasteiger partial charge in [-0.3, -0.25) is 9.69 Å². The van der Waals surface area contributed by atoms with Crippen molar-refractivity contribution in [1.82, 2.24) is 20.2 Å². The van der Waals surface area contributed by atoms with E-state index in [2.05, 4.69) is 25.1 Å². The number of benzene rings is 1. The Morgan fingerprint density at radius 3 is 2.42 bits per heavy atom. The van der Waals surface area contributed by atoms with Gasteiger partial charge in [0, 0.05) is 52.0 Å². The molecule has 0 aliphatic carbocycles. The third kappa shape index (κ3) is 6.89. The third-order valence-corrected chi connectivity index (χ3v) is 4.97. The molecule has 0 spiro atoms. The summed E-state index contributed by atoms with van der Waals surface area (Å²) in [6, 6.07) is 9.97. The van der Waals surface area contributed by atoms with Crippen molar-refractivity contribution in [3.05, 3.63) is 59.9 Å². The van der Waals surface area contributed by atoms with E-state index in [-0.39, 0.29) is 11.9 Å². The number of piperazine rings is 1. The zero-order valence-electron chi connectivity index (χ0n) is 18.0. The highest BCUT2D eigenvalue weighted by Crippen LogP contribution is 2.12. The van der Waals surface area contributed by atoms with E-state index in [0.29, 0.717) is 18.1 Å². The number of nitrogens with one attached hydrogen (secondary N) is 1. The Balaban J connectivity index is 1.54. The molecule has 0 saturated carbocycles. The molecule has 2 heterocycles. The van der Waals surface area contributed by atoms with Crippen LogP contribution in [0.15, 0.2) is 48.8 Å². The van der Waals surface area contributed by atoms with Crippen LogP contribution in [0.1, 0.15) is 29.8 Å². The van der Waals surface area contributed by atoms with Crippen LogP contribution in [0, 0.1) is 0 Å². The zero-order chi connectivity index (χ0) is 22.1. The number of carbonyl (C=O) groups excluding carboxylic acids is 2. The third-order valence-electron chi connectivity index (χ3n) is 4.97. The topological polar surface area (TPSA) is 87.7 Å². The summed E-state index contributed by atoms with van der Waals surface area (Å²) in [5.74, 6) is 0.151. The molecule has 8 nitrogen and oxygen atoms in total. The van der Waals surface area contributed by atoms with E-state index in [1.54, 1.807) is 13.8 Å². The molecule has 1 N–H and O–H groups in total. The van der Waals surface area contributed by atoms with Crippen LogP contribution in [0.25, 0.3) is 6.08 Å². The van der Waals surface area contributed by atoms with Gasteiger partial charge in [-0.2, -0.15) is 0 Å². The van der Waals surface area contributed by atoms with E-state index < -0.39 is 5.97 Å². The van der Waals surface area contributed by atoms with Crippen LogP contribution in [0.5, 0.6) is 0 Å². The van der Waals surface area contributed by atoms with E-state index in [1.807, 2.05) is 42.5 Å². The Kier molecular flexibility index (Phi) is 8.12. The van der Waals surface area contributed by atoms with Gasteiger partial charge in [0.25, 0.3) is 0 Å². The number of ether oxygens (including phenoxy) is 1. The van der Waals surface area contributed by atoms with Crippen molar-refractivity contribution in [2.45, 2.75) is 19.9 Å². The number of carbonyl (C=O) groups is 2. The molecule has 1 amide bonds. The maximum absolute atomic E-state index is 11.7. The molecular weight excluding hydrogens is 394 g/mol.